The van der Waals surface area contributed by atoms with E-state index in [1.54, 1.807) is 14.0 Å². The van der Waals surface area contributed by atoms with Crippen LogP contribution in [-0.4, -0.2) is 30.8 Å². The first kappa shape index (κ1) is 13.0. The van der Waals surface area contributed by atoms with Crippen LogP contribution in [0.15, 0.2) is 24.3 Å². The fraction of sp³-hybridized carbons (Fsp3) is 0.400. The molecule has 1 aromatic carbocycles. The molecule has 1 unspecified atom stereocenters. The van der Waals surface area contributed by atoms with Gasteiger partial charge in [-0.05, 0) is 24.6 Å². The largest absolute Gasteiger partial charge is 0.635 e. The maximum Gasteiger partial charge on any atom is 0.635 e. The van der Waals surface area contributed by atoms with Crippen molar-refractivity contribution < 1.29 is 24.2 Å². The average Bonchev–Trinajstić information content (AvgIpc) is 2.26. The number of ether oxygens (including phenoxy) is 2. The van der Waals surface area contributed by atoms with E-state index in [1.165, 1.54) is 0 Å². The predicted octanol–water partition coefficient (Wildman–Crippen LogP) is 0.544. The highest BCUT2D eigenvalue weighted by Gasteiger charge is 2.14. The minimum Gasteiger partial charge on any atom is -0.497 e. The molecule has 0 fully saturated rings. The predicted molar refractivity (Wildman–Crippen MR) is 58.5 cm³/mol. The first-order chi connectivity index (χ1) is 7.61. The lowest BCUT2D eigenvalue weighted by Gasteiger charge is -2.13. The zero-order valence-corrected chi connectivity index (χ0v) is 9.29. The molecule has 0 amide bonds. The summed E-state index contributed by atoms with van der Waals surface area (Å²) >= 11 is 0. The van der Waals surface area contributed by atoms with Crippen molar-refractivity contribution in [3.05, 3.63) is 29.8 Å². The second kappa shape index (κ2) is 6.50. The molecule has 1 aromatic rings. The molecule has 0 bridgehead atoms. The number of hydrogen-bond donors (Lipinski definition) is 2. The number of hydrogen-bond acceptors (Lipinski definition) is 5. The van der Waals surface area contributed by atoms with Gasteiger partial charge in [-0.1, -0.05) is 12.1 Å². The highest BCUT2D eigenvalue weighted by molar-refractivity contribution is 6.32. The van der Waals surface area contributed by atoms with Crippen LogP contribution in [-0.2, 0) is 16.0 Å². The van der Waals surface area contributed by atoms with Crippen molar-refractivity contribution in [1.29, 1.82) is 0 Å². The van der Waals surface area contributed by atoms with Crippen molar-refractivity contribution in [1.82, 2.24) is 0 Å². The summed E-state index contributed by atoms with van der Waals surface area (Å²) in [4.78, 5) is 0. The highest BCUT2D eigenvalue weighted by atomic mass is 16.7. The third-order valence-corrected chi connectivity index (χ3v) is 1.96. The zero-order valence-electron chi connectivity index (χ0n) is 9.29. The standard InChI is InChI=1S/C10H15BO5/c1-8(16-11(12)13)15-7-9-3-5-10(14-2)6-4-9/h3-6,8,12-13H,7H2,1-2H3. The van der Waals surface area contributed by atoms with E-state index in [9.17, 15) is 0 Å². The van der Waals surface area contributed by atoms with E-state index in [-0.39, 0.29) is 0 Å². The van der Waals surface area contributed by atoms with Gasteiger partial charge in [-0.15, -0.1) is 0 Å². The van der Waals surface area contributed by atoms with E-state index in [4.69, 9.17) is 19.5 Å². The molecule has 16 heavy (non-hydrogen) atoms. The van der Waals surface area contributed by atoms with Crippen LogP contribution in [0.25, 0.3) is 0 Å². The molecule has 6 heteroatoms. The second-order valence-electron chi connectivity index (χ2n) is 3.19. The van der Waals surface area contributed by atoms with Crippen LogP contribution < -0.4 is 4.74 Å². The molecule has 2 N–H and O–H groups in total. The summed E-state index contributed by atoms with van der Waals surface area (Å²) in [6.45, 7) is 1.92. The quantitative estimate of drug-likeness (QED) is 0.547. The maximum absolute atomic E-state index is 8.53. The summed E-state index contributed by atoms with van der Waals surface area (Å²) < 4.78 is 14.8. The molecular formula is C10H15BO5. The summed E-state index contributed by atoms with van der Waals surface area (Å²) in [5.41, 5.74) is 0.948. The van der Waals surface area contributed by atoms with Gasteiger partial charge in [0.15, 0.2) is 0 Å². The van der Waals surface area contributed by atoms with Crippen LogP contribution in [0.4, 0.5) is 0 Å². The summed E-state index contributed by atoms with van der Waals surface area (Å²) in [5, 5.41) is 17.1. The highest BCUT2D eigenvalue weighted by Crippen LogP contribution is 2.12. The first-order valence-electron chi connectivity index (χ1n) is 4.88. The molecule has 5 nitrogen and oxygen atoms in total. The lowest BCUT2D eigenvalue weighted by molar-refractivity contribution is -0.0963. The third-order valence-electron chi connectivity index (χ3n) is 1.96. The van der Waals surface area contributed by atoms with Crippen LogP contribution in [0.3, 0.4) is 0 Å². The topological polar surface area (TPSA) is 68.2 Å². The van der Waals surface area contributed by atoms with Gasteiger partial charge in [-0.25, -0.2) is 0 Å². The Bertz CT molecular complexity index is 301. The summed E-state index contributed by atoms with van der Waals surface area (Å²) in [6, 6.07) is 7.37. The van der Waals surface area contributed by atoms with E-state index < -0.39 is 13.6 Å². The first-order valence-corrected chi connectivity index (χ1v) is 4.88. The Morgan fingerprint density at radius 2 is 1.88 bits per heavy atom. The minimum atomic E-state index is -1.81. The van der Waals surface area contributed by atoms with E-state index in [0.29, 0.717) is 6.61 Å². The van der Waals surface area contributed by atoms with Crippen molar-refractivity contribution in [2.45, 2.75) is 19.8 Å². The summed E-state index contributed by atoms with van der Waals surface area (Å²) in [5.74, 6) is 0.777. The second-order valence-corrected chi connectivity index (χ2v) is 3.19. The molecule has 0 saturated carbocycles. The van der Waals surface area contributed by atoms with Crippen LogP contribution in [0.2, 0.25) is 0 Å². The van der Waals surface area contributed by atoms with Gasteiger partial charge in [0, 0.05) is 0 Å². The average molecular weight is 226 g/mol. The van der Waals surface area contributed by atoms with Gasteiger partial charge in [0.05, 0.1) is 13.7 Å². The molecule has 1 rings (SSSR count). The Labute approximate surface area is 94.7 Å². The molecule has 0 aliphatic heterocycles. The normalized spacial score (nSPS) is 12.2. The van der Waals surface area contributed by atoms with Crippen LogP contribution >= 0.6 is 0 Å². The molecule has 0 radical (unpaired) electrons. The molecule has 88 valence electrons. The minimum absolute atomic E-state index is 0.331. The summed E-state index contributed by atoms with van der Waals surface area (Å²) in [7, 11) is -0.213. The number of methoxy groups -OCH3 is 1. The van der Waals surface area contributed by atoms with Crippen LogP contribution in [0.1, 0.15) is 12.5 Å². The molecule has 1 atom stereocenters. The Morgan fingerprint density at radius 1 is 1.25 bits per heavy atom. The lowest BCUT2D eigenvalue weighted by Crippen LogP contribution is -2.25. The van der Waals surface area contributed by atoms with Crippen molar-refractivity contribution in [3.63, 3.8) is 0 Å². The third kappa shape index (κ3) is 4.63. The van der Waals surface area contributed by atoms with Crippen molar-refractivity contribution in [3.8, 4) is 5.75 Å². The molecule has 0 saturated heterocycles. The van der Waals surface area contributed by atoms with E-state index in [2.05, 4.69) is 4.65 Å². The Kier molecular flexibility index (Phi) is 5.27. The number of rotatable bonds is 6. The van der Waals surface area contributed by atoms with Crippen molar-refractivity contribution >= 4 is 7.32 Å². The molecular weight excluding hydrogens is 211 g/mol. The molecule has 0 aliphatic carbocycles. The van der Waals surface area contributed by atoms with Gasteiger partial charge < -0.3 is 24.2 Å². The molecule has 0 aromatic heterocycles. The van der Waals surface area contributed by atoms with Gasteiger partial charge in [0.25, 0.3) is 0 Å². The van der Waals surface area contributed by atoms with Gasteiger partial charge in [-0.2, -0.15) is 0 Å². The van der Waals surface area contributed by atoms with Crippen LogP contribution in [0, 0.1) is 0 Å². The Hall–Kier alpha value is -1.08. The van der Waals surface area contributed by atoms with Crippen LogP contribution in [0.5, 0.6) is 5.75 Å². The Balaban J connectivity index is 2.36. The van der Waals surface area contributed by atoms with Gasteiger partial charge >= 0.3 is 7.32 Å². The molecule has 0 aliphatic rings. The van der Waals surface area contributed by atoms with Gasteiger partial charge in [0.1, 0.15) is 12.0 Å². The van der Waals surface area contributed by atoms with Gasteiger partial charge in [0.2, 0.25) is 0 Å². The molecule has 0 heterocycles. The maximum atomic E-state index is 8.53. The van der Waals surface area contributed by atoms with Gasteiger partial charge in [-0.3, -0.25) is 0 Å². The fourth-order valence-electron chi connectivity index (χ4n) is 1.15. The van der Waals surface area contributed by atoms with E-state index >= 15 is 0 Å². The zero-order chi connectivity index (χ0) is 12.0. The molecule has 0 spiro atoms. The SMILES string of the molecule is COc1ccc(COC(C)OB(O)O)cc1. The number of benzene rings is 1. The van der Waals surface area contributed by atoms with E-state index in [1.807, 2.05) is 24.3 Å². The smallest absolute Gasteiger partial charge is 0.497 e. The fourth-order valence-corrected chi connectivity index (χ4v) is 1.15. The lowest BCUT2D eigenvalue weighted by atomic mass is 10.2. The Morgan fingerprint density at radius 3 is 2.38 bits per heavy atom. The van der Waals surface area contributed by atoms with E-state index in [0.717, 1.165) is 11.3 Å². The van der Waals surface area contributed by atoms with Crippen molar-refractivity contribution in [2.75, 3.05) is 7.11 Å². The van der Waals surface area contributed by atoms with Crippen molar-refractivity contribution in [2.24, 2.45) is 0 Å². The summed E-state index contributed by atoms with van der Waals surface area (Å²) in [6.07, 6.45) is -0.679. The monoisotopic (exact) mass is 226 g/mol.